The highest BCUT2D eigenvalue weighted by atomic mass is 16.4. The molecule has 0 aliphatic carbocycles. The number of aliphatic carboxylic acids is 1. The van der Waals surface area contributed by atoms with Crippen LogP contribution < -0.4 is 5.73 Å². The zero-order valence-corrected chi connectivity index (χ0v) is 28.9. The van der Waals surface area contributed by atoms with Gasteiger partial charge < -0.3 is 10.8 Å². The van der Waals surface area contributed by atoms with Crippen LogP contribution in [0.5, 0.6) is 0 Å². The third kappa shape index (κ3) is 25.4. The maximum absolute atomic E-state index is 13.1. The number of unbranched alkanes of at least 4 members (excludes halogenated alkanes) is 24. The summed E-state index contributed by atoms with van der Waals surface area (Å²) in [5, 5.41) is 9.82. The fourth-order valence-corrected chi connectivity index (χ4v) is 5.96. The molecular formula is C37H70N2O5. The van der Waals surface area contributed by atoms with Crippen LogP contribution in [0.25, 0.3) is 0 Å². The van der Waals surface area contributed by atoms with E-state index in [4.69, 9.17) is 5.73 Å². The van der Waals surface area contributed by atoms with Crippen LogP contribution in [0.2, 0.25) is 0 Å². The molecule has 0 aliphatic heterocycles. The quantitative estimate of drug-likeness (QED) is 0.0706. The molecule has 0 rings (SSSR count). The Balaban J connectivity index is 4.40. The minimum atomic E-state index is -1.34. The summed E-state index contributed by atoms with van der Waals surface area (Å²) >= 11 is 0. The van der Waals surface area contributed by atoms with Gasteiger partial charge in [0.1, 0.15) is 6.04 Å². The molecule has 0 radical (unpaired) electrons. The van der Waals surface area contributed by atoms with Gasteiger partial charge in [0.25, 0.3) is 0 Å². The fourth-order valence-electron chi connectivity index (χ4n) is 5.96. The van der Waals surface area contributed by atoms with E-state index in [2.05, 4.69) is 13.8 Å². The molecule has 1 atom stereocenters. The van der Waals surface area contributed by atoms with Crippen molar-refractivity contribution in [2.24, 2.45) is 5.73 Å². The van der Waals surface area contributed by atoms with Crippen molar-refractivity contribution in [2.75, 3.05) is 0 Å². The maximum Gasteiger partial charge on any atom is 0.326 e. The Morgan fingerprint density at radius 1 is 0.477 bits per heavy atom. The lowest BCUT2D eigenvalue weighted by atomic mass is 10.0. The predicted molar refractivity (Wildman–Crippen MR) is 182 cm³/mol. The standard InChI is InChI=1S/C37H70N2O5/c1-3-5-7-9-11-13-15-17-19-21-23-25-27-29-35(41)39(33(37(43)44)31-32-34(38)40)36(42)30-28-26-24-22-20-18-16-14-12-10-8-6-4-2/h33H,3-32H2,1-2H3,(H2,38,40)(H,43,44). The summed E-state index contributed by atoms with van der Waals surface area (Å²) in [6, 6.07) is -1.34. The zero-order chi connectivity index (χ0) is 32.7. The summed E-state index contributed by atoms with van der Waals surface area (Å²) < 4.78 is 0. The Labute approximate surface area is 270 Å². The van der Waals surface area contributed by atoms with Crippen LogP contribution in [0.1, 0.15) is 206 Å². The second kappa shape index (κ2) is 31.1. The largest absolute Gasteiger partial charge is 0.480 e. The van der Waals surface area contributed by atoms with E-state index in [9.17, 15) is 24.3 Å². The number of hydrogen-bond acceptors (Lipinski definition) is 4. The van der Waals surface area contributed by atoms with E-state index >= 15 is 0 Å². The van der Waals surface area contributed by atoms with Crippen LogP contribution in [0.4, 0.5) is 0 Å². The van der Waals surface area contributed by atoms with Gasteiger partial charge in [0.15, 0.2) is 0 Å². The molecule has 0 saturated heterocycles. The van der Waals surface area contributed by atoms with Gasteiger partial charge in [0, 0.05) is 19.3 Å². The summed E-state index contributed by atoms with van der Waals surface area (Å²) in [6.07, 6.45) is 31.0. The molecule has 0 spiro atoms. The molecule has 258 valence electrons. The normalized spacial score (nSPS) is 11.9. The Kier molecular flexibility index (Phi) is 29.7. The lowest BCUT2D eigenvalue weighted by Gasteiger charge is -2.27. The number of imide groups is 1. The van der Waals surface area contributed by atoms with Gasteiger partial charge in [-0.15, -0.1) is 0 Å². The molecule has 0 bridgehead atoms. The van der Waals surface area contributed by atoms with Crippen LogP contribution in [-0.2, 0) is 19.2 Å². The second-order valence-corrected chi connectivity index (χ2v) is 13.0. The van der Waals surface area contributed by atoms with Crippen molar-refractivity contribution in [1.29, 1.82) is 0 Å². The number of carboxylic acid groups (broad SMARTS) is 1. The van der Waals surface area contributed by atoms with Crippen molar-refractivity contribution in [2.45, 2.75) is 213 Å². The smallest absolute Gasteiger partial charge is 0.326 e. The SMILES string of the molecule is CCCCCCCCCCCCCCCC(=O)N(C(=O)CCCCCCCCCCCCCCC)C(CCC(N)=O)C(=O)O. The molecule has 7 heteroatoms. The molecule has 0 fully saturated rings. The number of primary amides is 1. The number of hydrogen-bond donors (Lipinski definition) is 2. The van der Waals surface area contributed by atoms with Gasteiger partial charge in [-0.2, -0.15) is 0 Å². The number of carboxylic acids is 1. The lowest BCUT2D eigenvalue weighted by Crippen LogP contribution is -2.49. The number of nitrogens with two attached hydrogens (primary N) is 1. The Morgan fingerprint density at radius 3 is 1.00 bits per heavy atom. The van der Waals surface area contributed by atoms with Crippen molar-refractivity contribution in [1.82, 2.24) is 4.90 Å². The minimum Gasteiger partial charge on any atom is -0.480 e. The van der Waals surface area contributed by atoms with E-state index < -0.39 is 29.7 Å². The van der Waals surface area contributed by atoms with E-state index in [0.717, 1.165) is 43.4 Å². The van der Waals surface area contributed by atoms with Crippen LogP contribution in [0.3, 0.4) is 0 Å². The third-order valence-electron chi connectivity index (χ3n) is 8.79. The Bertz CT molecular complexity index is 685. The molecule has 0 aromatic heterocycles. The first-order valence-electron chi connectivity index (χ1n) is 18.7. The van der Waals surface area contributed by atoms with Gasteiger partial charge in [-0.05, 0) is 19.3 Å². The second-order valence-electron chi connectivity index (χ2n) is 13.0. The molecule has 0 saturated carbocycles. The monoisotopic (exact) mass is 623 g/mol. The van der Waals surface area contributed by atoms with Crippen molar-refractivity contribution < 1.29 is 24.3 Å². The Hall–Kier alpha value is -1.92. The molecule has 1 unspecified atom stereocenters. The van der Waals surface area contributed by atoms with Crippen LogP contribution in [0, 0.1) is 0 Å². The summed E-state index contributed by atoms with van der Waals surface area (Å²) in [5.74, 6) is -2.78. The Morgan fingerprint density at radius 2 is 0.750 bits per heavy atom. The van der Waals surface area contributed by atoms with Gasteiger partial charge in [-0.3, -0.25) is 19.3 Å². The molecule has 0 aromatic rings. The average molecular weight is 623 g/mol. The van der Waals surface area contributed by atoms with Gasteiger partial charge in [0.05, 0.1) is 0 Å². The van der Waals surface area contributed by atoms with Crippen molar-refractivity contribution in [3.8, 4) is 0 Å². The van der Waals surface area contributed by atoms with Crippen molar-refractivity contribution in [3.05, 3.63) is 0 Å². The molecule has 44 heavy (non-hydrogen) atoms. The van der Waals surface area contributed by atoms with Gasteiger partial charge in [0.2, 0.25) is 17.7 Å². The number of rotatable bonds is 33. The number of amides is 3. The summed E-state index contributed by atoms with van der Waals surface area (Å²) in [7, 11) is 0. The lowest BCUT2D eigenvalue weighted by molar-refractivity contribution is -0.158. The average Bonchev–Trinajstić information content (AvgIpc) is 2.99. The highest BCUT2D eigenvalue weighted by Gasteiger charge is 2.34. The highest BCUT2D eigenvalue weighted by Crippen LogP contribution is 2.18. The van der Waals surface area contributed by atoms with Crippen molar-refractivity contribution >= 4 is 23.7 Å². The maximum atomic E-state index is 13.1. The van der Waals surface area contributed by atoms with Crippen molar-refractivity contribution in [3.63, 3.8) is 0 Å². The summed E-state index contributed by atoms with van der Waals surface area (Å²) in [4.78, 5) is 50.6. The summed E-state index contributed by atoms with van der Waals surface area (Å²) in [5.41, 5.74) is 5.25. The van der Waals surface area contributed by atoms with E-state index in [1.807, 2.05) is 0 Å². The highest BCUT2D eigenvalue weighted by molar-refractivity contribution is 5.99. The van der Waals surface area contributed by atoms with Crippen LogP contribution in [-0.4, -0.2) is 39.7 Å². The first-order chi connectivity index (χ1) is 21.3. The fraction of sp³-hybridized carbons (Fsp3) is 0.892. The molecule has 3 amide bonds. The first kappa shape index (κ1) is 42.1. The molecule has 3 N–H and O–H groups in total. The van der Waals surface area contributed by atoms with E-state index in [1.54, 1.807) is 0 Å². The van der Waals surface area contributed by atoms with E-state index in [-0.39, 0.29) is 25.7 Å². The third-order valence-corrected chi connectivity index (χ3v) is 8.79. The van der Waals surface area contributed by atoms with Crippen LogP contribution >= 0.6 is 0 Å². The molecule has 0 aromatic carbocycles. The topological polar surface area (TPSA) is 118 Å². The van der Waals surface area contributed by atoms with Gasteiger partial charge >= 0.3 is 5.97 Å². The predicted octanol–water partition coefficient (Wildman–Crippen LogP) is 10.0. The molecule has 0 aliphatic rings. The number of nitrogens with zero attached hydrogens (tertiary/aromatic N) is 1. The molecule has 7 nitrogen and oxygen atoms in total. The minimum absolute atomic E-state index is 0.140. The molecule has 0 heterocycles. The van der Waals surface area contributed by atoms with E-state index in [1.165, 1.54) is 116 Å². The number of carbonyl (C=O) groups excluding carboxylic acids is 3. The van der Waals surface area contributed by atoms with Gasteiger partial charge in [-0.25, -0.2) is 4.79 Å². The first-order valence-corrected chi connectivity index (χ1v) is 18.7. The summed E-state index contributed by atoms with van der Waals surface area (Å²) in [6.45, 7) is 4.48. The van der Waals surface area contributed by atoms with Crippen LogP contribution in [0.15, 0.2) is 0 Å². The number of carbonyl (C=O) groups is 4. The zero-order valence-electron chi connectivity index (χ0n) is 28.9. The van der Waals surface area contributed by atoms with Gasteiger partial charge in [-0.1, -0.05) is 168 Å². The van der Waals surface area contributed by atoms with E-state index in [0.29, 0.717) is 12.8 Å². The molecular weight excluding hydrogens is 552 g/mol.